The maximum Gasteiger partial charge on any atom is 0.264 e. The first kappa shape index (κ1) is 35.6. The molecule has 7 rings (SSSR count). The molecule has 0 radical (unpaired) electrons. The number of nitrogens with one attached hydrogen (secondary N) is 1. The highest BCUT2D eigenvalue weighted by Gasteiger charge is 2.48. The van der Waals surface area contributed by atoms with Crippen molar-refractivity contribution in [2.75, 3.05) is 57.4 Å². The second kappa shape index (κ2) is 14.3. The summed E-state index contributed by atoms with van der Waals surface area (Å²) >= 11 is 6.46. The van der Waals surface area contributed by atoms with Crippen LogP contribution in [0.5, 0.6) is 5.75 Å². The summed E-state index contributed by atoms with van der Waals surface area (Å²) in [7, 11) is -3.96. The lowest BCUT2D eigenvalue weighted by Crippen LogP contribution is -2.52. The van der Waals surface area contributed by atoms with Crippen LogP contribution in [-0.4, -0.2) is 87.7 Å². The molecule has 9 nitrogen and oxygen atoms in total. The molecule has 2 aliphatic carbocycles. The molecule has 3 aliphatic heterocycles. The first-order valence-corrected chi connectivity index (χ1v) is 20.3. The largest absolute Gasteiger partial charge is 0.490 e. The molecule has 50 heavy (non-hydrogen) atoms. The number of ether oxygens (including phenoxy) is 2. The number of anilines is 1. The second-order valence-corrected chi connectivity index (χ2v) is 17.9. The average molecular weight is 724 g/mol. The fourth-order valence-corrected chi connectivity index (χ4v) is 10.4. The van der Waals surface area contributed by atoms with Gasteiger partial charge in [0.1, 0.15) is 11.4 Å². The van der Waals surface area contributed by atoms with Gasteiger partial charge >= 0.3 is 0 Å². The Morgan fingerprint density at radius 3 is 2.66 bits per heavy atom. The monoisotopic (exact) mass is 723 g/mol. The van der Waals surface area contributed by atoms with Gasteiger partial charge in [0.2, 0.25) is 10.0 Å². The molecule has 1 saturated heterocycles. The number of benzene rings is 2. The van der Waals surface area contributed by atoms with Gasteiger partial charge in [-0.1, -0.05) is 36.4 Å². The molecule has 0 unspecified atom stereocenters. The van der Waals surface area contributed by atoms with Crippen LogP contribution >= 0.6 is 11.6 Å². The van der Waals surface area contributed by atoms with E-state index in [-0.39, 0.29) is 28.7 Å². The van der Waals surface area contributed by atoms with Crippen LogP contribution in [0.2, 0.25) is 5.02 Å². The van der Waals surface area contributed by atoms with Gasteiger partial charge in [0.15, 0.2) is 0 Å². The topological polar surface area (TPSA) is 108 Å². The highest BCUT2D eigenvalue weighted by atomic mass is 35.5. The van der Waals surface area contributed by atoms with Crippen LogP contribution in [0.1, 0.15) is 80.3 Å². The Bertz CT molecular complexity index is 1770. The van der Waals surface area contributed by atoms with E-state index in [1.807, 2.05) is 13.0 Å². The summed E-state index contributed by atoms with van der Waals surface area (Å²) in [6.45, 7) is 8.98. The summed E-state index contributed by atoms with van der Waals surface area (Å²) in [5.41, 5.74) is 2.04. The number of carbonyl (C=O) groups is 1. The molecule has 0 aromatic heterocycles. The molecule has 2 aromatic rings. The SMILES string of the molecule is C[C@@H]1[C@@H](C)CCC[C@@](O)(C#CCN2CCOCC2)[C@@H]2CC[C@H]2CN2C[C@@]3(CCCc4cc(Cl)ccc43)COc3ccc(cc32)C(=O)NS1(=O)=O. The molecule has 3 heterocycles. The maximum absolute atomic E-state index is 13.5. The van der Waals surface area contributed by atoms with Crippen molar-refractivity contribution < 1.29 is 27.8 Å². The molecular weight excluding hydrogens is 674 g/mol. The Balaban J connectivity index is 1.27. The number of carbonyl (C=O) groups excluding carboxylic acids is 1. The summed E-state index contributed by atoms with van der Waals surface area (Å²) in [5.74, 6) is 6.67. The van der Waals surface area contributed by atoms with Crippen molar-refractivity contribution in [3.63, 3.8) is 0 Å². The van der Waals surface area contributed by atoms with Gasteiger partial charge in [-0.25, -0.2) is 13.1 Å². The third-order valence-electron chi connectivity index (χ3n) is 12.2. The number of rotatable bonds is 1. The van der Waals surface area contributed by atoms with Gasteiger partial charge in [-0.05, 0) is 112 Å². The van der Waals surface area contributed by atoms with Crippen molar-refractivity contribution in [3.05, 3.63) is 58.1 Å². The number of halogens is 1. The van der Waals surface area contributed by atoms with Gasteiger partial charge in [0.05, 0.1) is 37.3 Å². The van der Waals surface area contributed by atoms with E-state index in [4.69, 9.17) is 21.1 Å². The third kappa shape index (κ3) is 7.14. The van der Waals surface area contributed by atoms with Gasteiger partial charge in [-0.15, -0.1) is 0 Å². The van der Waals surface area contributed by atoms with Gasteiger partial charge < -0.3 is 19.5 Å². The lowest BCUT2D eigenvalue weighted by molar-refractivity contribution is -0.0449. The summed E-state index contributed by atoms with van der Waals surface area (Å²) in [6.07, 6.45) is 6.44. The Morgan fingerprint density at radius 2 is 1.88 bits per heavy atom. The molecule has 1 spiro atoms. The van der Waals surface area contributed by atoms with Gasteiger partial charge in [0.25, 0.3) is 5.91 Å². The number of nitrogens with zero attached hydrogens (tertiary/aromatic N) is 2. The van der Waals surface area contributed by atoms with E-state index in [1.165, 1.54) is 11.1 Å². The Hall–Kier alpha value is -2.81. The van der Waals surface area contributed by atoms with Gasteiger partial charge in [0, 0.05) is 48.1 Å². The van der Waals surface area contributed by atoms with Crippen molar-refractivity contribution >= 4 is 33.2 Å². The first-order valence-electron chi connectivity index (χ1n) is 18.4. The fourth-order valence-electron chi connectivity index (χ4n) is 8.87. The summed E-state index contributed by atoms with van der Waals surface area (Å²) in [5, 5.41) is 12.4. The molecule has 2 bridgehead atoms. The molecule has 1 saturated carbocycles. The lowest BCUT2D eigenvalue weighted by Gasteiger charge is -2.48. The predicted octanol–water partition coefficient (Wildman–Crippen LogP) is 5.17. The van der Waals surface area contributed by atoms with E-state index < -0.39 is 26.8 Å². The second-order valence-electron chi connectivity index (χ2n) is 15.4. The number of hydrogen-bond donors (Lipinski definition) is 2. The maximum atomic E-state index is 13.5. The Morgan fingerprint density at radius 1 is 1.06 bits per heavy atom. The van der Waals surface area contributed by atoms with E-state index in [0.29, 0.717) is 64.5 Å². The number of sulfonamides is 1. The standard InChI is InChI=1S/C39H50ClN3O6S/c1-27-6-3-15-39(45,16-5-17-42-18-20-48-21-19-42)34-11-8-31(34)24-43-25-38(14-4-7-29-22-32(40)10-12-33(29)38)26-49-36-13-9-30(23-35(36)43)37(44)41-50(46,47)28(27)2/h9-10,12-13,22-23,27-28,31,34,45H,3-4,6-8,11,14-15,17-21,24-26H2,1-2H3,(H,41,44)/t27-,28+,31-,34+,38-,39+/m0/s1. The van der Waals surface area contributed by atoms with Crippen LogP contribution < -0.4 is 14.4 Å². The fraction of sp³-hybridized carbons (Fsp3) is 0.615. The number of morpholine rings is 1. The quantitative estimate of drug-likeness (QED) is 0.388. The number of amides is 1. The van der Waals surface area contributed by atoms with Crippen LogP contribution in [0.4, 0.5) is 5.69 Å². The van der Waals surface area contributed by atoms with Crippen molar-refractivity contribution in [2.24, 2.45) is 17.8 Å². The molecule has 6 atom stereocenters. The van der Waals surface area contributed by atoms with Crippen LogP contribution in [0.25, 0.3) is 0 Å². The van der Waals surface area contributed by atoms with E-state index in [0.717, 1.165) is 55.9 Å². The number of fused-ring (bicyclic) bond motifs is 4. The zero-order valence-corrected chi connectivity index (χ0v) is 30.8. The highest BCUT2D eigenvalue weighted by Crippen LogP contribution is 2.49. The van der Waals surface area contributed by atoms with Crippen LogP contribution in [0.3, 0.4) is 0 Å². The zero-order chi connectivity index (χ0) is 35.1. The highest BCUT2D eigenvalue weighted by molar-refractivity contribution is 7.90. The average Bonchev–Trinajstić information content (AvgIpc) is 3.22. The molecule has 2 N–H and O–H groups in total. The molecule has 2 aromatic carbocycles. The third-order valence-corrected chi connectivity index (χ3v) is 14.4. The van der Waals surface area contributed by atoms with Gasteiger partial charge in [-0.2, -0.15) is 0 Å². The lowest BCUT2D eigenvalue weighted by atomic mass is 9.63. The van der Waals surface area contributed by atoms with Gasteiger partial charge in [-0.3, -0.25) is 9.69 Å². The number of aliphatic hydroxyl groups is 1. The predicted molar refractivity (Wildman–Crippen MR) is 195 cm³/mol. The molecule has 1 amide bonds. The summed E-state index contributed by atoms with van der Waals surface area (Å²) in [6, 6.07) is 11.4. The Kier molecular flexibility index (Phi) is 10.2. The molecule has 5 aliphatic rings. The minimum atomic E-state index is -3.96. The van der Waals surface area contributed by atoms with Crippen LogP contribution in [0.15, 0.2) is 36.4 Å². The van der Waals surface area contributed by atoms with E-state index in [2.05, 4.69) is 38.5 Å². The minimum Gasteiger partial charge on any atom is -0.490 e. The zero-order valence-electron chi connectivity index (χ0n) is 29.3. The van der Waals surface area contributed by atoms with Crippen molar-refractivity contribution in [1.82, 2.24) is 9.62 Å². The van der Waals surface area contributed by atoms with E-state index in [9.17, 15) is 18.3 Å². The van der Waals surface area contributed by atoms with Crippen LogP contribution in [0, 0.1) is 29.6 Å². The number of aryl methyl sites for hydroxylation is 1. The van der Waals surface area contributed by atoms with Crippen molar-refractivity contribution in [3.8, 4) is 17.6 Å². The van der Waals surface area contributed by atoms with E-state index >= 15 is 0 Å². The smallest absolute Gasteiger partial charge is 0.264 e. The Labute approximate surface area is 302 Å². The minimum absolute atomic E-state index is 0.0310. The summed E-state index contributed by atoms with van der Waals surface area (Å²) < 4.78 is 41.4. The molecule has 11 heteroatoms. The number of hydrogen-bond acceptors (Lipinski definition) is 8. The molecule has 270 valence electrons. The first-order chi connectivity index (χ1) is 24.0. The van der Waals surface area contributed by atoms with Crippen molar-refractivity contribution in [2.45, 2.75) is 81.5 Å². The van der Waals surface area contributed by atoms with Crippen molar-refractivity contribution in [1.29, 1.82) is 0 Å². The summed E-state index contributed by atoms with van der Waals surface area (Å²) in [4.78, 5) is 18.1. The normalized spacial score (nSPS) is 33.0. The molecular formula is C39H50ClN3O6S. The molecule has 2 fully saturated rings. The van der Waals surface area contributed by atoms with E-state index in [1.54, 1.807) is 25.1 Å². The van der Waals surface area contributed by atoms with Crippen LogP contribution in [-0.2, 0) is 26.6 Å².